The zero-order chi connectivity index (χ0) is 10.6. The molecule has 0 amide bonds. The molecular weight excluding hydrogens is 214 g/mol. The first kappa shape index (κ1) is 12.0. The van der Waals surface area contributed by atoms with E-state index in [0.717, 1.165) is 11.6 Å². The monoisotopic (exact) mass is 231 g/mol. The minimum Gasteiger partial charge on any atom is -0.309 e. The molecule has 3 heteroatoms. The van der Waals surface area contributed by atoms with Gasteiger partial charge in [0, 0.05) is 22.8 Å². The minimum atomic E-state index is 0.607. The summed E-state index contributed by atoms with van der Waals surface area (Å²) in [5.41, 5.74) is 0. The summed E-state index contributed by atoms with van der Waals surface area (Å²) in [4.78, 5) is 1.31. The quantitative estimate of drug-likeness (QED) is 0.810. The Balaban J connectivity index is 2.39. The van der Waals surface area contributed by atoms with Crippen LogP contribution in [0.5, 0.6) is 0 Å². The fraction of sp³-hybridized carbons (Fsp3) is 0.636. The minimum absolute atomic E-state index is 0.607. The van der Waals surface area contributed by atoms with E-state index in [0.29, 0.717) is 12.0 Å². The molecule has 14 heavy (non-hydrogen) atoms. The van der Waals surface area contributed by atoms with Crippen molar-refractivity contribution in [2.45, 2.75) is 39.8 Å². The summed E-state index contributed by atoms with van der Waals surface area (Å²) in [6, 6.07) is 2.64. The van der Waals surface area contributed by atoms with Crippen molar-refractivity contribution in [1.29, 1.82) is 0 Å². The van der Waals surface area contributed by atoms with Crippen LogP contribution in [-0.4, -0.2) is 6.04 Å². The molecule has 0 fully saturated rings. The van der Waals surface area contributed by atoms with Crippen LogP contribution in [0.15, 0.2) is 11.4 Å². The molecule has 80 valence electrons. The molecule has 0 saturated carbocycles. The maximum Gasteiger partial charge on any atom is 0.0516 e. The van der Waals surface area contributed by atoms with E-state index in [1.54, 1.807) is 11.3 Å². The summed E-state index contributed by atoms with van der Waals surface area (Å²) in [6.45, 7) is 7.66. The topological polar surface area (TPSA) is 12.0 Å². The first-order chi connectivity index (χ1) is 6.63. The van der Waals surface area contributed by atoms with Crippen molar-refractivity contribution in [2.24, 2.45) is 5.92 Å². The van der Waals surface area contributed by atoms with Gasteiger partial charge in [-0.1, -0.05) is 32.4 Å². The number of hydrogen-bond acceptors (Lipinski definition) is 2. The number of nitrogens with one attached hydrogen (secondary N) is 1. The average Bonchev–Trinajstić information content (AvgIpc) is 2.52. The number of thiophene rings is 1. The Kier molecular flexibility index (Phi) is 4.93. The van der Waals surface area contributed by atoms with Gasteiger partial charge in [0.2, 0.25) is 0 Å². The Bertz CT molecular complexity index is 270. The SMILES string of the molecule is CCC(NCc1cc(Cl)cs1)C(C)C. The van der Waals surface area contributed by atoms with Crippen molar-refractivity contribution in [2.75, 3.05) is 0 Å². The Labute approximate surface area is 95.5 Å². The molecule has 0 aliphatic heterocycles. The molecule has 0 spiro atoms. The molecule has 0 aliphatic rings. The van der Waals surface area contributed by atoms with E-state index in [1.165, 1.54) is 11.3 Å². The lowest BCUT2D eigenvalue weighted by Gasteiger charge is -2.20. The largest absolute Gasteiger partial charge is 0.309 e. The molecule has 1 unspecified atom stereocenters. The predicted molar refractivity (Wildman–Crippen MR) is 65.1 cm³/mol. The van der Waals surface area contributed by atoms with Gasteiger partial charge in [-0.3, -0.25) is 0 Å². The molecule has 1 aromatic heterocycles. The van der Waals surface area contributed by atoms with Crippen LogP contribution in [0.2, 0.25) is 5.02 Å². The third-order valence-electron chi connectivity index (χ3n) is 2.40. The first-order valence-corrected chi connectivity index (χ1v) is 6.35. The number of rotatable bonds is 5. The van der Waals surface area contributed by atoms with Crippen molar-refractivity contribution < 1.29 is 0 Å². The summed E-state index contributed by atoms with van der Waals surface area (Å²) in [5.74, 6) is 0.690. The van der Waals surface area contributed by atoms with Crippen LogP contribution in [0.4, 0.5) is 0 Å². The zero-order valence-electron chi connectivity index (χ0n) is 9.01. The van der Waals surface area contributed by atoms with E-state index < -0.39 is 0 Å². The van der Waals surface area contributed by atoms with Crippen molar-refractivity contribution in [1.82, 2.24) is 5.32 Å². The van der Waals surface area contributed by atoms with Crippen LogP contribution in [-0.2, 0) is 6.54 Å². The smallest absolute Gasteiger partial charge is 0.0516 e. The second kappa shape index (κ2) is 5.74. The Morgan fingerprint density at radius 2 is 2.21 bits per heavy atom. The Hall–Kier alpha value is -0.0500. The maximum atomic E-state index is 5.85. The molecule has 1 N–H and O–H groups in total. The molecule has 1 atom stereocenters. The number of hydrogen-bond donors (Lipinski definition) is 1. The summed E-state index contributed by atoms with van der Waals surface area (Å²) in [5, 5.41) is 6.38. The molecule has 0 saturated heterocycles. The summed E-state index contributed by atoms with van der Waals surface area (Å²) >= 11 is 7.57. The zero-order valence-corrected chi connectivity index (χ0v) is 10.6. The molecule has 1 heterocycles. The lowest BCUT2D eigenvalue weighted by atomic mass is 10.0. The third kappa shape index (κ3) is 3.60. The summed E-state index contributed by atoms with van der Waals surface area (Å²) in [7, 11) is 0. The van der Waals surface area contributed by atoms with E-state index in [2.05, 4.69) is 26.1 Å². The molecule has 0 radical (unpaired) electrons. The van der Waals surface area contributed by atoms with Gasteiger partial charge >= 0.3 is 0 Å². The molecule has 0 aliphatic carbocycles. The standard InChI is InChI=1S/C11H18ClNS/c1-4-11(8(2)3)13-6-10-5-9(12)7-14-10/h5,7-8,11,13H,4,6H2,1-3H3. The van der Waals surface area contributed by atoms with E-state index >= 15 is 0 Å². The van der Waals surface area contributed by atoms with Gasteiger partial charge in [0.1, 0.15) is 0 Å². The Morgan fingerprint density at radius 1 is 1.50 bits per heavy atom. The van der Waals surface area contributed by atoms with Crippen LogP contribution in [0.1, 0.15) is 32.1 Å². The molecule has 1 nitrogen and oxygen atoms in total. The van der Waals surface area contributed by atoms with E-state index in [-0.39, 0.29) is 0 Å². The van der Waals surface area contributed by atoms with Crippen molar-refractivity contribution in [3.63, 3.8) is 0 Å². The lowest BCUT2D eigenvalue weighted by molar-refractivity contribution is 0.389. The van der Waals surface area contributed by atoms with Gasteiger partial charge in [-0.25, -0.2) is 0 Å². The second-order valence-electron chi connectivity index (χ2n) is 3.87. The van der Waals surface area contributed by atoms with Crippen LogP contribution in [0, 0.1) is 5.92 Å². The third-order valence-corrected chi connectivity index (χ3v) is 3.69. The van der Waals surface area contributed by atoms with Crippen LogP contribution < -0.4 is 5.32 Å². The average molecular weight is 232 g/mol. The van der Waals surface area contributed by atoms with E-state index in [4.69, 9.17) is 11.6 Å². The molecule has 0 aromatic carbocycles. The fourth-order valence-electron chi connectivity index (χ4n) is 1.53. The first-order valence-electron chi connectivity index (χ1n) is 5.09. The molecular formula is C11H18ClNS. The van der Waals surface area contributed by atoms with E-state index in [1.807, 2.05) is 11.4 Å². The van der Waals surface area contributed by atoms with Crippen LogP contribution in [0.25, 0.3) is 0 Å². The Morgan fingerprint density at radius 3 is 2.64 bits per heavy atom. The summed E-state index contributed by atoms with van der Waals surface area (Å²) < 4.78 is 0. The van der Waals surface area contributed by atoms with Gasteiger partial charge in [-0.2, -0.15) is 0 Å². The van der Waals surface area contributed by atoms with Crippen LogP contribution >= 0.6 is 22.9 Å². The van der Waals surface area contributed by atoms with Crippen molar-refractivity contribution >= 4 is 22.9 Å². The molecule has 0 bridgehead atoms. The van der Waals surface area contributed by atoms with Gasteiger partial charge in [0.25, 0.3) is 0 Å². The highest BCUT2D eigenvalue weighted by Gasteiger charge is 2.10. The number of halogens is 1. The van der Waals surface area contributed by atoms with Gasteiger partial charge in [0.05, 0.1) is 5.02 Å². The van der Waals surface area contributed by atoms with Gasteiger partial charge < -0.3 is 5.32 Å². The predicted octanol–water partition coefficient (Wildman–Crippen LogP) is 3.93. The maximum absolute atomic E-state index is 5.85. The normalized spacial score (nSPS) is 13.5. The molecule has 1 aromatic rings. The highest BCUT2D eigenvalue weighted by atomic mass is 35.5. The van der Waals surface area contributed by atoms with E-state index in [9.17, 15) is 0 Å². The van der Waals surface area contributed by atoms with Gasteiger partial charge in [-0.15, -0.1) is 11.3 Å². The van der Waals surface area contributed by atoms with Gasteiger partial charge in [-0.05, 0) is 18.4 Å². The van der Waals surface area contributed by atoms with Gasteiger partial charge in [0.15, 0.2) is 0 Å². The van der Waals surface area contributed by atoms with Crippen molar-refractivity contribution in [3.05, 3.63) is 21.3 Å². The fourth-order valence-corrected chi connectivity index (χ4v) is 2.55. The highest BCUT2D eigenvalue weighted by Crippen LogP contribution is 2.19. The van der Waals surface area contributed by atoms with Crippen molar-refractivity contribution in [3.8, 4) is 0 Å². The second-order valence-corrected chi connectivity index (χ2v) is 5.30. The van der Waals surface area contributed by atoms with Crippen LogP contribution in [0.3, 0.4) is 0 Å². The summed E-state index contributed by atoms with van der Waals surface area (Å²) in [6.07, 6.45) is 1.18. The lowest BCUT2D eigenvalue weighted by Crippen LogP contribution is -2.32. The molecule has 1 rings (SSSR count). The highest BCUT2D eigenvalue weighted by molar-refractivity contribution is 7.10.